The summed E-state index contributed by atoms with van der Waals surface area (Å²) in [6, 6.07) is 3.63. The average Bonchev–Trinajstić information content (AvgIpc) is 2.52. The smallest absolute Gasteiger partial charge is 0.256 e. The maximum atomic E-state index is 12.1. The maximum absolute atomic E-state index is 12.1. The van der Waals surface area contributed by atoms with Gasteiger partial charge in [0.15, 0.2) is 5.82 Å². The van der Waals surface area contributed by atoms with Gasteiger partial charge in [0.1, 0.15) is 5.82 Å². The van der Waals surface area contributed by atoms with E-state index in [-0.39, 0.29) is 17.3 Å². The molecule has 0 saturated heterocycles. The molecule has 0 aliphatic carbocycles. The molecule has 0 aliphatic heterocycles. The number of nitrogens with one attached hydrogen (secondary N) is 1. The molecular weight excluding hydrogens is 280 g/mol. The van der Waals surface area contributed by atoms with Gasteiger partial charge in [-0.2, -0.15) is 0 Å². The molecule has 7 nitrogen and oxygen atoms in total. The fourth-order valence-corrected chi connectivity index (χ4v) is 1.90. The summed E-state index contributed by atoms with van der Waals surface area (Å²) in [7, 11) is 3.98. The van der Waals surface area contributed by atoms with Crippen LogP contribution in [0.25, 0.3) is 11.4 Å². The zero-order valence-corrected chi connectivity index (χ0v) is 12.8. The van der Waals surface area contributed by atoms with Gasteiger partial charge in [-0.05, 0) is 39.2 Å². The molecular formula is C15H20N6O. The Balaban J connectivity index is 2.02. The first-order valence-electron chi connectivity index (χ1n) is 7.04. The summed E-state index contributed by atoms with van der Waals surface area (Å²) < 4.78 is 0. The Hall–Kier alpha value is -2.54. The van der Waals surface area contributed by atoms with Gasteiger partial charge in [0.05, 0.1) is 5.56 Å². The molecule has 0 radical (unpaired) electrons. The summed E-state index contributed by atoms with van der Waals surface area (Å²) in [4.78, 5) is 26.5. The molecule has 7 heteroatoms. The van der Waals surface area contributed by atoms with Crippen molar-refractivity contribution >= 4 is 11.7 Å². The first-order chi connectivity index (χ1) is 10.6. The highest BCUT2D eigenvalue weighted by atomic mass is 16.1. The summed E-state index contributed by atoms with van der Waals surface area (Å²) in [5.41, 5.74) is 6.92. The Morgan fingerprint density at radius 2 is 2.18 bits per heavy atom. The van der Waals surface area contributed by atoms with Gasteiger partial charge in [-0.3, -0.25) is 9.78 Å². The first kappa shape index (κ1) is 15.8. The third-order valence-corrected chi connectivity index (χ3v) is 3.05. The fraction of sp³-hybridized carbons (Fsp3) is 0.333. The fourth-order valence-electron chi connectivity index (χ4n) is 1.90. The molecule has 0 spiro atoms. The van der Waals surface area contributed by atoms with Gasteiger partial charge in [-0.1, -0.05) is 0 Å². The molecule has 0 atom stereocenters. The van der Waals surface area contributed by atoms with Gasteiger partial charge in [0, 0.05) is 30.7 Å². The molecule has 116 valence electrons. The van der Waals surface area contributed by atoms with Crippen molar-refractivity contribution in [2.45, 2.75) is 6.42 Å². The van der Waals surface area contributed by atoms with E-state index < -0.39 is 0 Å². The van der Waals surface area contributed by atoms with Crippen LogP contribution in [-0.4, -0.2) is 52.9 Å². The van der Waals surface area contributed by atoms with Crippen molar-refractivity contribution in [3.63, 3.8) is 0 Å². The van der Waals surface area contributed by atoms with E-state index in [0.717, 1.165) is 18.5 Å². The van der Waals surface area contributed by atoms with Crippen molar-refractivity contribution in [2.24, 2.45) is 0 Å². The third kappa shape index (κ3) is 4.23. The largest absolute Gasteiger partial charge is 0.383 e. The van der Waals surface area contributed by atoms with Crippen LogP contribution in [0.3, 0.4) is 0 Å². The summed E-state index contributed by atoms with van der Waals surface area (Å²) in [6.07, 6.45) is 5.64. The van der Waals surface area contributed by atoms with Crippen LogP contribution in [0.2, 0.25) is 0 Å². The lowest BCUT2D eigenvalue weighted by atomic mass is 10.2. The molecule has 2 aromatic heterocycles. The lowest BCUT2D eigenvalue weighted by Crippen LogP contribution is -2.28. The molecule has 3 N–H and O–H groups in total. The number of amides is 1. The molecule has 0 aromatic carbocycles. The second-order valence-corrected chi connectivity index (χ2v) is 5.15. The third-order valence-electron chi connectivity index (χ3n) is 3.05. The second-order valence-electron chi connectivity index (χ2n) is 5.15. The van der Waals surface area contributed by atoms with Crippen molar-refractivity contribution in [1.82, 2.24) is 25.2 Å². The molecule has 0 fully saturated rings. The minimum Gasteiger partial charge on any atom is -0.383 e. The van der Waals surface area contributed by atoms with Crippen molar-refractivity contribution in [1.29, 1.82) is 0 Å². The van der Waals surface area contributed by atoms with E-state index in [4.69, 9.17) is 5.73 Å². The molecule has 22 heavy (non-hydrogen) atoms. The molecule has 1 amide bonds. The van der Waals surface area contributed by atoms with Gasteiger partial charge in [-0.15, -0.1) is 0 Å². The van der Waals surface area contributed by atoms with E-state index >= 15 is 0 Å². The highest BCUT2D eigenvalue weighted by Gasteiger charge is 2.13. The number of carbonyl (C=O) groups excluding carboxylic acids is 1. The summed E-state index contributed by atoms with van der Waals surface area (Å²) in [5, 5.41) is 2.82. The summed E-state index contributed by atoms with van der Waals surface area (Å²) in [6.45, 7) is 1.49. The van der Waals surface area contributed by atoms with Gasteiger partial charge >= 0.3 is 0 Å². The maximum Gasteiger partial charge on any atom is 0.256 e. The SMILES string of the molecule is CN(C)CCCNC(=O)c1cnc(-c2cccnc2)nc1N. The number of rotatable bonds is 6. The van der Waals surface area contributed by atoms with Crippen molar-refractivity contribution in [3.8, 4) is 11.4 Å². The zero-order chi connectivity index (χ0) is 15.9. The van der Waals surface area contributed by atoms with Crippen molar-refractivity contribution in [3.05, 3.63) is 36.3 Å². The van der Waals surface area contributed by atoms with Crippen molar-refractivity contribution in [2.75, 3.05) is 32.9 Å². The standard InChI is InChI=1S/C15H20N6O/c1-21(2)8-4-7-18-15(22)12-10-19-14(20-13(12)16)11-5-3-6-17-9-11/h3,5-6,9-10H,4,7-8H2,1-2H3,(H,18,22)(H2,16,19,20). The number of aromatic nitrogens is 3. The number of anilines is 1. The summed E-state index contributed by atoms with van der Waals surface area (Å²) in [5.74, 6) is 0.364. The van der Waals surface area contributed by atoms with E-state index in [0.29, 0.717) is 12.4 Å². The molecule has 0 bridgehead atoms. The van der Waals surface area contributed by atoms with Crippen LogP contribution >= 0.6 is 0 Å². The van der Waals surface area contributed by atoms with Gasteiger partial charge in [0.2, 0.25) is 0 Å². The van der Waals surface area contributed by atoms with Gasteiger partial charge in [-0.25, -0.2) is 9.97 Å². The van der Waals surface area contributed by atoms with Crippen LogP contribution in [0, 0.1) is 0 Å². The number of pyridine rings is 1. The van der Waals surface area contributed by atoms with Crippen molar-refractivity contribution < 1.29 is 4.79 Å². The predicted molar refractivity (Wildman–Crippen MR) is 85.2 cm³/mol. The van der Waals surface area contributed by atoms with E-state index in [1.807, 2.05) is 20.2 Å². The van der Waals surface area contributed by atoms with Gasteiger partial charge < -0.3 is 16.0 Å². The van der Waals surface area contributed by atoms with Crippen LogP contribution in [0.15, 0.2) is 30.7 Å². The second kappa shape index (κ2) is 7.46. The molecule has 0 aliphatic rings. The minimum absolute atomic E-state index is 0.166. The van der Waals surface area contributed by atoms with Crippen LogP contribution in [0.5, 0.6) is 0 Å². The number of nitrogens with zero attached hydrogens (tertiary/aromatic N) is 4. The zero-order valence-electron chi connectivity index (χ0n) is 12.8. The highest BCUT2D eigenvalue weighted by molar-refractivity contribution is 5.98. The van der Waals surface area contributed by atoms with E-state index in [2.05, 4.69) is 25.2 Å². The Labute approximate surface area is 129 Å². The Morgan fingerprint density at radius 3 is 2.82 bits per heavy atom. The Bertz CT molecular complexity index is 629. The van der Waals surface area contributed by atoms with Crippen LogP contribution < -0.4 is 11.1 Å². The topological polar surface area (TPSA) is 97.0 Å². The van der Waals surface area contributed by atoms with E-state index in [1.165, 1.54) is 6.20 Å². The monoisotopic (exact) mass is 300 g/mol. The number of carbonyl (C=O) groups is 1. The Morgan fingerprint density at radius 1 is 1.36 bits per heavy atom. The molecule has 2 aromatic rings. The lowest BCUT2D eigenvalue weighted by molar-refractivity contribution is 0.0952. The predicted octanol–water partition coefficient (Wildman–Crippen LogP) is 0.802. The number of nitrogens with two attached hydrogens (primary N) is 1. The first-order valence-corrected chi connectivity index (χ1v) is 7.04. The summed E-state index contributed by atoms with van der Waals surface area (Å²) >= 11 is 0. The lowest BCUT2D eigenvalue weighted by Gasteiger charge is -2.10. The molecule has 0 unspecified atom stereocenters. The van der Waals surface area contributed by atoms with E-state index in [9.17, 15) is 4.79 Å². The number of hydrogen-bond acceptors (Lipinski definition) is 6. The quantitative estimate of drug-likeness (QED) is 0.766. The Kier molecular flexibility index (Phi) is 5.37. The van der Waals surface area contributed by atoms with Crippen LogP contribution in [0.4, 0.5) is 5.82 Å². The van der Waals surface area contributed by atoms with Crippen LogP contribution in [0.1, 0.15) is 16.8 Å². The molecule has 0 saturated carbocycles. The number of nitrogen functional groups attached to an aromatic ring is 1. The minimum atomic E-state index is -0.256. The van der Waals surface area contributed by atoms with Gasteiger partial charge in [0.25, 0.3) is 5.91 Å². The van der Waals surface area contributed by atoms with E-state index in [1.54, 1.807) is 18.5 Å². The molecule has 2 rings (SSSR count). The number of hydrogen-bond donors (Lipinski definition) is 2. The average molecular weight is 300 g/mol. The normalized spacial score (nSPS) is 10.7. The highest BCUT2D eigenvalue weighted by Crippen LogP contribution is 2.16. The van der Waals surface area contributed by atoms with Crippen LogP contribution in [-0.2, 0) is 0 Å². The molecule has 2 heterocycles.